The van der Waals surface area contributed by atoms with E-state index in [0.29, 0.717) is 0 Å². The molecule has 0 amide bonds. The summed E-state index contributed by atoms with van der Waals surface area (Å²) >= 11 is 0. The predicted octanol–water partition coefficient (Wildman–Crippen LogP) is 10.8. The van der Waals surface area contributed by atoms with Crippen molar-refractivity contribution in [2.45, 2.75) is 19.3 Å². The molecule has 0 N–H and O–H groups in total. The molecular weight excluding hydrogens is 512 g/mol. The zero-order valence-corrected chi connectivity index (χ0v) is 23.5. The maximum Gasteiger partial charge on any atom is 0.145 e. The van der Waals surface area contributed by atoms with Crippen LogP contribution in [0.2, 0.25) is 0 Å². The number of nitrogens with zero attached hydrogens (tertiary/aromatic N) is 2. The second kappa shape index (κ2) is 8.37. The van der Waals surface area contributed by atoms with Gasteiger partial charge in [-0.1, -0.05) is 86.6 Å². The lowest BCUT2D eigenvalue weighted by molar-refractivity contribution is 0.630. The lowest BCUT2D eigenvalue weighted by Gasteiger charge is -2.36. The first kappa shape index (κ1) is 23.4. The molecule has 3 nitrogen and oxygen atoms in total. The van der Waals surface area contributed by atoms with Gasteiger partial charge in [0, 0.05) is 38.6 Å². The Balaban J connectivity index is 1.39. The van der Waals surface area contributed by atoms with Crippen molar-refractivity contribution in [1.82, 2.24) is 4.57 Å². The van der Waals surface area contributed by atoms with Gasteiger partial charge in [0.25, 0.3) is 0 Å². The van der Waals surface area contributed by atoms with E-state index in [0.717, 1.165) is 33.6 Å². The van der Waals surface area contributed by atoms with Crippen LogP contribution in [0, 0.1) is 0 Å². The van der Waals surface area contributed by atoms with Crippen LogP contribution < -0.4 is 4.90 Å². The molecule has 0 atom stereocenters. The first-order chi connectivity index (χ1) is 20.6. The molecule has 9 rings (SSSR count). The minimum atomic E-state index is -0.250. The maximum atomic E-state index is 6.60. The highest BCUT2D eigenvalue weighted by molar-refractivity contribution is 6.25. The van der Waals surface area contributed by atoms with Gasteiger partial charge in [0.05, 0.1) is 22.1 Å². The Bertz CT molecular complexity index is 2280. The smallest absolute Gasteiger partial charge is 0.145 e. The summed E-state index contributed by atoms with van der Waals surface area (Å²) < 4.78 is 9.06. The quantitative estimate of drug-likeness (QED) is 0.222. The predicted molar refractivity (Wildman–Crippen MR) is 175 cm³/mol. The van der Waals surface area contributed by atoms with Gasteiger partial charge in [-0.25, -0.2) is 0 Å². The first-order valence-corrected chi connectivity index (χ1v) is 14.5. The van der Waals surface area contributed by atoms with E-state index in [1.165, 1.54) is 44.0 Å². The average molecular weight is 541 g/mol. The molecule has 0 fully saturated rings. The number of furan rings is 1. The number of hydrogen-bond acceptors (Lipinski definition) is 2. The maximum absolute atomic E-state index is 6.60. The summed E-state index contributed by atoms with van der Waals surface area (Å²) in [7, 11) is 0. The molecule has 42 heavy (non-hydrogen) atoms. The van der Waals surface area contributed by atoms with Crippen LogP contribution in [0.3, 0.4) is 0 Å². The molecule has 6 aromatic carbocycles. The SMILES string of the molecule is CC1(C)c2cc(N(c3ccccc3)c3ccccc3)ccc2-n2c3ccccc3c3c4oc5ccccc5c4cc1c32. The van der Waals surface area contributed by atoms with Crippen LogP contribution in [0.4, 0.5) is 17.1 Å². The van der Waals surface area contributed by atoms with E-state index in [1.807, 2.05) is 0 Å². The van der Waals surface area contributed by atoms with E-state index >= 15 is 0 Å². The van der Waals surface area contributed by atoms with Crippen LogP contribution in [-0.4, -0.2) is 4.57 Å². The summed E-state index contributed by atoms with van der Waals surface area (Å²) in [5.41, 5.74) is 11.4. The molecule has 1 aliphatic heterocycles. The van der Waals surface area contributed by atoms with Crippen molar-refractivity contribution >= 4 is 60.8 Å². The molecule has 3 heterocycles. The number of hydrogen-bond donors (Lipinski definition) is 0. The van der Waals surface area contributed by atoms with Gasteiger partial charge in [-0.2, -0.15) is 0 Å². The second-order valence-corrected chi connectivity index (χ2v) is 11.8. The molecule has 2 aromatic heterocycles. The number of para-hydroxylation sites is 4. The number of fused-ring (bicyclic) bond motifs is 9. The minimum Gasteiger partial charge on any atom is -0.455 e. The third kappa shape index (κ3) is 3.05. The fourth-order valence-corrected chi connectivity index (χ4v) is 7.16. The van der Waals surface area contributed by atoms with Crippen LogP contribution in [0.15, 0.2) is 138 Å². The van der Waals surface area contributed by atoms with Crippen LogP contribution >= 0.6 is 0 Å². The van der Waals surface area contributed by atoms with Crippen molar-refractivity contribution in [3.8, 4) is 5.69 Å². The molecule has 0 radical (unpaired) electrons. The van der Waals surface area contributed by atoms with E-state index < -0.39 is 0 Å². The van der Waals surface area contributed by atoms with E-state index in [2.05, 4.69) is 157 Å². The van der Waals surface area contributed by atoms with Crippen LogP contribution in [0.25, 0.3) is 49.4 Å². The molecule has 1 aliphatic rings. The molecule has 0 bridgehead atoms. The van der Waals surface area contributed by atoms with Crippen molar-refractivity contribution in [2.75, 3.05) is 4.90 Å². The van der Waals surface area contributed by atoms with Crippen LogP contribution in [0.1, 0.15) is 25.0 Å². The molecule has 3 heteroatoms. The van der Waals surface area contributed by atoms with Gasteiger partial charge < -0.3 is 13.9 Å². The zero-order chi connectivity index (χ0) is 28.0. The number of aromatic nitrogens is 1. The standard InChI is InChI=1S/C39H28N2O/c1-39(2)31-23-27(40(25-13-5-3-6-14-25)26-15-7-4-8-16-26)21-22-34(31)41-33-19-11-9-18-29(33)36-37(41)32(39)24-30-28-17-10-12-20-35(28)42-38(30)36/h3-24H,1-2H3. The molecular formula is C39H28N2O. The van der Waals surface area contributed by atoms with E-state index in [-0.39, 0.29) is 5.41 Å². The summed E-state index contributed by atoms with van der Waals surface area (Å²) in [6.45, 7) is 4.74. The molecule has 200 valence electrons. The molecule has 0 aliphatic carbocycles. The van der Waals surface area contributed by atoms with Crippen molar-refractivity contribution < 1.29 is 4.42 Å². The van der Waals surface area contributed by atoms with Gasteiger partial charge in [0.1, 0.15) is 11.2 Å². The third-order valence-electron chi connectivity index (χ3n) is 9.13. The van der Waals surface area contributed by atoms with E-state index in [1.54, 1.807) is 0 Å². The third-order valence-corrected chi connectivity index (χ3v) is 9.13. The zero-order valence-electron chi connectivity index (χ0n) is 23.5. The average Bonchev–Trinajstić information content (AvgIpc) is 3.57. The Kier molecular flexibility index (Phi) is 4.67. The molecule has 0 saturated carbocycles. The fraction of sp³-hybridized carbons (Fsp3) is 0.0769. The van der Waals surface area contributed by atoms with Crippen molar-refractivity contribution in [2.24, 2.45) is 0 Å². The largest absolute Gasteiger partial charge is 0.455 e. The lowest BCUT2D eigenvalue weighted by Crippen LogP contribution is -2.27. The van der Waals surface area contributed by atoms with Crippen molar-refractivity contribution in [3.63, 3.8) is 0 Å². The van der Waals surface area contributed by atoms with E-state index in [9.17, 15) is 0 Å². The summed E-state index contributed by atoms with van der Waals surface area (Å²) in [5, 5.41) is 4.77. The second-order valence-electron chi connectivity index (χ2n) is 11.8. The Morgan fingerprint density at radius 1 is 0.571 bits per heavy atom. The van der Waals surface area contributed by atoms with Gasteiger partial charge in [-0.05, 0) is 71.8 Å². The number of anilines is 3. The summed E-state index contributed by atoms with van der Waals surface area (Å²) in [6, 6.07) is 47.8. The fourth-order valence-electron chi connectivity index (χ4n) is 7.16. The van der Waals surface area contributed by atoms with Gasteiger partial charge in [0.15, 0.2) is 0 Å². The van der Waals surface area contributed by atoms with Crippen LogP contribution in [0.5, 0.6) is 0 Å². The van der Waals surface area contributed by atoms with Gasteiger partial charge >= 0.3 is 0 Å². The van der Waals surface area contributed by atoms with Crippen molar-refractivity contribution in [1.29, 1.82) is 0 Å². The minimum absolute atomic E-state index is 0.250. The normalized spacial score (nSPS) is 13.7. The molecule has 8 aromatic rings. The first-order valence-electron chi connectivity index (χ1n) is 14.5. The van der Waals surface area contributed by atoms with Crippen molar-refractivity contribution in [3.05, 3.63) is 145 Å². The lowest BCUT2D eigenvalue weighted by atomic mass is 9.74. The Morgan fingerprint density at radius 3 is 1.95 bits per heavy atom. The highest BCUT2D eigenvalue weighted by atomic mass is 16.3. The Morgan fingerprint density at radius 2 is 1.21 bits per heavy atom. The van der Waals surface area contributed by atoms with Gasteiger partial charge in [-0.3, -0.25) is 0 Å². The summed E-state index contributed by atoms with van der Waals surface area (Å²) in [5.74, 6) is 0. The summed E-state index contributed by atoms with van der Waals surface area (Å²) in [4.78, 5) is 2.35. The summed E-state index contributed by atoms with van der Waals surface area (Å²) in [6.07, 6.45) is 0. The highest BCUT2D eigenvalue weighted by Crippen LogP contribution is 2.52. The molecule has 0 spiro atoms. The highest BCUT2D eigenvalue weighted by Gasteiger charge is 2.37. The van der Waals surface area contributed by atoms with Gasteiger partial charge in [0.2, 0.25) is 0 Å². The molecule has 0 unspecified atom stereocenters. The Labute approximate surface area is 243 Å². The van der Waals surface area contributed by atoms with Gasteiger partial charge in [-0.15, -0.1) is 0 Å². The molecule has 0 saturated heterocycles. The van der Waals surface area contributed by atoms with E-state index in [4.69, 9.17) is 4.42 Å². The topological polar surface area (TPSA) is 21.3 Å². The van der Waals surface area contributed by atoms with Crippen LogP contribution in [-0.2, 0) is 5.41 Å². The monoisotopic (exact) mass is 540 g/mol. The Hall–Kier alpha value is -5.28. The number of rotatable bonds is 3. The number of benzene rings is 6.